The van der Waals surface area contributed by atoms with Crippen LogP contribution in [0.5, 0.6) is 0 Å². The Hall–Kier alpha value is -3.52. The number of hydrogen-bond donors (Lipinski definition) is 1. The van der Waals surface area contributed by atoms with Crippen LogP contribution in [-0.4, -0.2) is 20.2 Å². The van der Waals surface area contributed by atoms with Crippen LogP contribution < -0.4 is 5.32 Å². The number of benzene rings is 2. The molecule has 0 spiro atoms. The van der Waals surface area contributed by atoms with Crippen molar-refractivity contribution in [1.29, 1.82) is 0 Å². The third-order valence-corrected chi connectivity index (χ3v) is 5.06. The molecule has 0 radical (unpaired) electrons. The number of nitro groups is 1. The lowest BCUT2D eigenvalue weighted by Crippen LogP contribution is -2.14. The number of hydrogen-bond acceptors (Lipinski definition) is 5. The number of aromatic nitrogens is 2. The predicted octanol–water partition coefficient (Wildman–Crippen LogP) is 4.53. The summed E-state index contributed by atoms with van der Waals surface area (Å²) in [5.74, 6) is -0.398. The average molecular weight is 378 g/mol. The lowest BCUT2D eigenvalue weighted by atomic mass is 10.1. The van der Waals surface area contributed by atoms with E-state index in [0.29, 0.717) is 11.3 Å². The summed E-state index contributed by atoms with van der Waals surface area (Å²) >= 11 is 1.53. The first-order chi connectivity index (χ1) is 13.0. The number of anilines is 1. The Morgan fingerprint density at radius 2 is 2.04 bits per heavy atom. The second kappa shape index (κ2) is 6.65. The Labute approximate surface area is 158 Å². The maximum Gasteiger partial charge on any atom is 0.273 e. The van der Waals surface area contributed by atoms with Crippen LogP contribution >= 0.6 is 11.3 Å². The van der Waals surface area contributed by atoms with Crippen molar-refractivity contribution < 1.29 is 9.72 Å². The van der Waals surface area contributed by atoms with Gasteiger partial charge < -0.3 is 5.32 Å². The summed E-state index contributed by atoms with van der Waals surface area (Å²) in [6.45, 7) is 1.57. The molecular weight excluding hydrogens is 364 g/mol. The van der Waals surface area contributed by atoms with E-state index in [1.165, 1.54) is 23.5 Å². The highest BCUT2D eigenvalue weighted by atomic mass is 32.1. The molecule has 0 aliphatic carbocycles. The lowest BCUT2D eigenvalue weighted by Gasteiger charge is -2.11. The van der Waals surface area contributed by atoms with Crippen molar-refractivity contribution in [3.05, 3.63) is 81.5 Å². The summed E-state index contributed by atoms with van der Waals surface area (Å²) in [6.07, 6.45) is 3.82. The number of para-hydroxylation sites is 1. The molecule has 2 aromatic carbocycles. The van der Waals surface area contributed by atoms with Gasteiger partial charge in [-0.15, -0.1) is 11.3 Å². The van der Waals surface area contributed by atoms with Gasteiger partial charge in [0, 0.05) is 40.5 Å². The first-order valence-corrected chi connectivity index (χ1v) is 8.99. The van der Waals surface area contributed by atoms with Crippen LogP contribution in [-0.2, 0) is 0 Å². The standard InChI is InChI=1S/C19H14N4O3S/c1-12-13(6-4-8-17(12)23(25)26)18(24)20-15-7-3-2-5-14(15)16-11-22-9-10-27-19(22)21-16/h2-11H,1H3,(H,20,24). The number of carbonyl (C=O) groups excluding carboxylic acids is 1. The van der Waals surface area contributed by atoms with Crippen LogP contribution in [0.4, 0.5) is 11.4 Å². The maximum atomic E-state index is 12.8. The Bertz CT molecular complexity index is 1150. The molecule has 8 heteroatoms. The number of rotatable bonds is 4. The summed E-state index contributed by atoms with van der Waals surface area (Å²) < 4.78 is 1.92. The Morgan fingerprint density at radius 3 is 2.81 bits per heavy atom. The minimum absolute atomic E-state index is 0.0785. The lowest BCUT2D eigenvalue weighted by molar-refractivity contribution is -0.385. The van der Waals surface area contributed by atoms with Crippen molar-refractivity contribution in [2.75, 3.05) is 5.32 Å². The third kappa shape index (κ3) is 3.06. The fraction of sp³-hybridized carbons (Fsp3) is 0.0526. The van der Waals surface area contributed by atoms with Crippen molar-refractivity contribution in [3.63, 3.8) is 0 Å². The third-order valence-electron chi connectivity index (χ3n) is 4.29. The van der Waals surface area contributed by atoms with Gasteiger partial charge in [-0.2, -0.15) is 0 Å². The first kappa shape index (κ1) is 16.9. The molecule has 4 rings (SSSR count). The quantitative estimate of drug-likeness (QED) is 0.417. The molecule has 27 heavy (non-hydrogen) atoms. The summed E-state index contributed by atoms with van der Waals surface area (Å²) in [7, 11) is 0. The molecule has 0 aliphatic rings. The van der Waals surface area contributed by atoms with Crippen LogP contribution in [0, 0.1) is 17.0 Å². The molecule has 134 valence electrons. The van der Waals surface area contributed by atoms with Gasteiger partial charge in [0.25, 0.3) is 11.6 Å². The molecule has 0 saturated carbocycles. The van der Waals surface area contributed by atoms with Crippen LogP contribution in [0.15, 0.2) is 60.2 Å². The van der Waals surface area contributed by atoms with Gasteiger partial charge in [-0.25, -0.2) is 4.98 Å². The summed E-state index contributed by atoms with van der Waals surface area (Å²) in [6, 6.07) is 11.8. The summed E-state index contributed by atoms with van der Waals surface area (Å²) in [5, 5.41) is 15.9. The number of amides is 1. The number of fused-ring (bicyclic) bond motifs is 1. The van der Waals surface area contributed by atoms with Crippen LogP contribution in [0.2, 0.25) is 0 Å². The fourth-order valence-electron chi connectivity index (χ4n) is 2.93. The SMILES string of the molecule is Cc1c(C(=O)Nc2ccccc2-c2cn3ccsc3n2)cccc1[N+](=O)[O-]. The zero-order valence-electron chi connectivity index (χ0n) is 14.2. The van der Waals surface area contributed by atoms with E-state index in [1.807, 2.05) is 40.4 Å². The Kier molecular flexibility index (Phi) is 4.17. The van der Waals surface area contributed by atoms with E-state index >= 15 is 0 Å². The van der Waals surface area contributed by atoms with Crippen molar-refractivity contribution in [2.24, 2.45) is 0 Å². The molecule has 0 atom stereocenters. The highest BCUT2D eigenvalue weighted by Gasteiger charge is 2.19. The fourth-order valence-corrected chi connectivity index (χ4v) is 3.63. The van der Waals surface area contributed by atoms with E-state index in [9.17, 15) is 14.9 Å². The predicted molar refractivity (Wildman–Crippen MR) is 104 cm³/mol. The van der Waals surface area contributed by atoms with Crippen LogP contribution in [0.25, 0.3) is 16.2 Å². The monoisotopic (exact) mass is 378 g/mol. The second-order valence-corrected chi connectivity index (χ2v) is 6.80. The van der Waals surface area contributed by atoms with Crippen LogP contribution in [0.1, 0.15) is 15.9 Å². The van der Waals surface area contributed by atoms with Gasteiger partial charge in [0.1, 0.15) is 0 Å². The molecule has 0 fully saturated rings. The summed E-state index contributed by atoms with van der Waals surface area (Å²) in [5.41, 5.74) is 2.65. The minimum Gasteiger partial charge on any atom is -0.321 e. The van der Waals surface area contributed by atoms with Gasteiger partial charge in [0.2, 0.25) is 0 Å². The van der Waals surface area contributed by atoms with Crippen molar-refractivity contribution >= 4 is 33.6 Å². The molecular formula is C19H14N4O3S. The topological polar surface area (TPSA) is 89.5 Å². The number of carbonyl (C=O) groups is 1. The number of nitro benzene ring substituents is 1. The van der Waals surface area contributed by atoms with Gasteiger partial charge >= 0.3 is 0 Å². The number of nitrogens with one attached hydrogen (secondary N) is 1. The molecule has 0 aliphatic heterocycles. The van der Waals surface area contributed by atoms with Crippen molar-refractivity contribution in [3.8, 4) is 11.3 Å². The molecule has 0 saturated heterocycles. The van der Waals surface area contributed by atoms with E-state index < -0.39 is 10.8 Å². The molecule has 2 heterocycles. The van der Waals surface area contributed by atoms with E-state index in [1.54, 1.807) is 19.1 Å². The molecule has 1 amide bonds. The minimum atomic E-state index is -0.488. The molecule has 2 aromatic heterocycles. The van der Waals surface area contributed by atoms with Crippen LogP contribution in [0.3, 0.4) is 0 Å². The number of nitrogens with zero attached hydrogens (tertiary/aromatic N) is 3. The Morgan fingerprint density at radius 1 is 1.22 bits per heavy atom. The highest BCUT2D eigenvalue weighted by Crippen LogP contribution is 2.29. The largest absolute Gasteiger partial charge is 0.321 e. The van der Waals surface area contributed by atoms with Gasteiger partial charge in [0.15, 0.2) is 4.96 Å². The first-order valence-electron chi connectivity index (χ1n) is 8.11. The Balaban J connectivity index is 1.70. The highest BCUT2D eigenvalue weighted by molar-refractivity contribution is 7.15. The second-order valence-electron chi connectivity index (χ2n) is 5.93. The smallest absolute Gasteiger partial charge is 0.273 e. The molecule has 1 N–H and O–H groups in total. The van der Waals surface area contributed by atoms with Gasteiger partial charge in [-0.3, -0.25) is 19.3 Å². The molecule has 4 aromatic rings. The zero-order chi connectivity index (χ0) is 19.0. The molecule has 7 nitrogen and oxygen atoms in total. The van der Waals surface area contributed by atoms with Crippen molar-refractivity contribution in [1.82, 2.24) is 9.38 Å². The number of imidazole rings is 1. The van der Waals surface area contributed by atoms with E-state index in [2.05, 4.69) is 10.3 Å². The zero-order valence-corrected chi connectivity index (χ0v) is 15.1. The van der Waals surface area contributed by atoms with E-state index in [4.69, 9.17) is 0 Å². The van der Waals surface area contributed by atoms with Gasteiger partial charge in [0.05, 0.1) is 16.3 Å². The summed E-state index contributed by atoms with van der Waals surface area (Å²) in [4.78, 5) is 28.8. The van der Waals surface area contributed by atoms with Gasteiger partial charge in [-0.05, 0) is 19.1 Å². The average Bonchev–Trinajstić information content (AvgIpc) is 3.24. The van der Waals surface area contributed by atoms with E-state index in [0.717, 1.165) is 16.2 Å². The maximum absolute atomic E-state index is 12.8. The van der Waals surface area contributed by atoms with Crippen molar-refractivity contribution in [2.45, 2.75) is 6.92 Å². The normalized spacial score (nSPS) is 10.9. The molecule has 0 bridgehead atoms. The number of thiazole rings is 1. The van der Waals surface area contributed by atoms with Gasteiger partial charge in [-0.1, -0.05) is 24.3 Å². The molecule has 0 unspecified atom stereocenters. The van der Waals surface area contributed by atoms with E-state index in [-0.39, 0.29) is 11.3 Å².